The SMILES string of the molecule is O=C(Cc1cccc(-c2nc(N3CCC3)sc2-c2ccnc(Cl)n2)c1)c1c(F)cccc1F. The number of carbonyl (C=O) groups is 1. The zero-order valence-electron chi connectivity index (χ0n) is 17.3. The van der Waals surface area contributed by atoms with Crippen molar-refractivity contribution in [2.45, 2.75) is 12.8 Å². The van der Waals surface area contributed by atoms with E-state index in [0.29, 0.717) is 17.0 Å². The molecule has 0 saturated carbocycles. The molecule has 4 aromatic rings. The van der Waals surface area contributed by atoms with Gasteiger partial charge in [0.15, 0.2) is 10.9 Å². The van der Waals surface area contributed by atoms with Crippen molar-refractivity contribution in [1.82, 2.24) is 15.0 Å². The van der Waals surface area contributed by atoms with Gasteiger partial charge in [-0.25, -0.2) is 23.7 Å². The van der Waals surface area contributed by atoms with Crippen LogP contribution in [0.1, 0.15) is 22.3 Å². The lowest BCUT2D eigenvalue weighted by Crippen LogP contribution is -2.36. The molecule has 33 heavy (non-hydrogen) atoms. The summed E-state index contributed by atoms with van der Waals surface area (Å²) in [5.74, 6) is -2.35. The average molecular weight is 483 g/mol. The summed E-state index contributed by atoms with van der Waals surface area (Å²) in [6.07, 6.45) is 2.58. The fourth-order valence-electron chi connectivity index (χ4n) is 3.65. The maximum atomic E-state index is 14.0. The third-order valence-corrected chi connectivity index (χ3v) is 6.73. The first-order valence-electron chi connectivity index (χ1n) is 10.3. The van der Waals surface area contributed by atoms with Crippen molar-refractivity contribution in [3.05, 3.63) is 82.8 Å². The minimum Gasteiger partial charge on any atom is -0.348 e. The van der Waals surface area contributed by atoms with E-state index in [-0.39, 0.29) is 11.7 Å². The van der Waals surface area contributed by atoms with Crippen molar-refractivity contribution in [3.63, 3.8) is 0 Å². The van der Waals surface area contributed by atoms with Crippen LogP contribution in [0.25, 0.3) is 21.8 Å². The van der Waals surface area contributed by atoms with E-state index in [1.165, 1.54) is 17.4 Å². The first-order chi connectivity index (χ1) is 16.0. The summed E-state index contributed by atoms with van der Waals surface area (Å²) < 4.78 is 28.1. The van der Waals surface area contributed by atoms with E-state index in [0.717, 1.165) is 47.2 Å². The predicted molar refractivity (Wildman–Crippen MR) is 125 cm³/mol. The molecule has 0 atom stereocenters. The number of benzene rings is 2. The molecular weight excluding hydrogens is 466 g/mol. The van der Waals surface area contributed by atoms with Gasteiger partial charge in [0.05, 0.1) is 21.8 Å². The van der Waals surface area contributed by atoms with Crippen molar-refractivity contribution in [1.29, 1.82) is 0 Å². The van der Waals surface area contributed by atoms with Crippen LogP contribution in [0.5, 0.6) is 0 Å². The van der Waals surface area contributed by atoms with Gasteiger partial charge in [-0.2, -0.15) is 0 Å². The van der Waals surface area contributed by atoms with Crippen LogP contribution < -0.4 is 4.90 Å². The molecule has 0 bridgehead atoms. The number of hydrogen-bond acceptors (Lipinski definition) is 6. The Hall–Kier alpha value is -3.23. The molecule has 1 aliphatic heterocycles. The number of nitrogens with zero attached hydrogens (tertiary/aromatic N) is 4. The molecule has 0 aliphatic carbocycles. The summed E-state index contributed by atoms with van der Waals surface area (Å²) in [7, 11) is 0. The molecule has 0 amide bonds. The maximum Gasteiger partial charge on any atom is 0.222 e. The van der Waals surface area contributed by atoms with Gasteiger partial charge < -0.3 is 4.90 Å². The van der Waals surface area contributed by atoms with Crippen molar-refractivity contribution in [2.24, 2.45) is 0 Å². The lowest BCUT2D eigenvalue weighted by Gasteiger charge is -2.30. The van der Waals surface area contributed by atoms with Gasteiger partial charge >= 0.3 is 0 Å². The highest BCUT2D eigenvalue weighted by Crippen LogP contribution is 2.41. The van der Waals surface area contributed by atoms with Crippen LogP contribution in [0, 0.1) is 11.6 Å². The van der Waals surface area contributed by atoms with Crippen LogP contribution in [0.4, 0.5) is 13.9 Å². The Kier molecular flexibility index (Phi) is 5.86. The van der Waals surface area contributed by atoms with Crippen LogP contribution in [0.3, 0.4) is 0 Å². The lowest BCUT2D eigenvalue weighted by molar-refractivity contribution is 0.0985. The maximum absolute atomic E-state index is 14.0. The van der Waals surface area contributed by atoms with Gasteiger partial charge in [-0.05, 0) is 47.9 Å². The molecule has 1 fully saturated rings. The Balaban J connectivity index is 1.52. The van der Waals surface area contributed by atoms with E-state index < -0.39 is 23.0 Å². The molecule has 1 aliphatic rings. The molecule has 5 nitrogen and oxygen atoms in total. The zero-order chi connectivity index (χ0) is 22.9. The highest BCUT2D eigenvalue weighted by atomic mass is 35.5. The first-order valence-corrected chi connectivity index (χ1v) is 11.5. The second kappa shape index (κ2) is 8.96. The highest BCUT2D eigenvalue weighted by molar-refractivity contribution is 7.19. The molecule has 0 unspecified atom stereocenters. The average Bonchev–Trinajstić information content (AvgIpc) is 3.17. The van der Waals surface area contributed by atoms with Crippen LogP contribution in [0.2, 0.25) is 5.28 Å². The number of halogens is 3. The highest BCUT2D eigenvalue weighted by Gasteiger charge is 2.24. The third kappa shape index (κ3) is 4.36. The van der Waals surface area contributed by atoms with Crippen LogP contribution in [0.15, 0.2) is 54.7 Å². The number of aromatic nitrogens is 3. The van der Waals surface area contributed by atoms with Gasteiger partial charge in [0.2, 0.25) is 5.28 Å². The van der Waals surface area contributed by atoms with E-state index in [4.69, 9.17) is 16.6 Å². The van der Waals surface area contributed by atoms with Crippen molar-refractivity contribution in [3.8, 4) is 21.8 Å². The molecule has 9 heteroatoms. The van der Waals surface area contributed by atoms with Crippen molar-refractivity contribution in [2.75, 3.05) is 18.0 Å². The van der Waals surface area contributed by atoms with E-state index in [1.54, 1.807) is 24.4 Å². The molecule has 0 N–H and O–H groups in total. The molecule has 0 radical (unpaired) electrons. The van der Waals surface area contributed by atoms with E-state index >= 15 is 0 Å². The minimum absolute atomic E-state index is 0.135. The zero-order valence-corrected chi connectivity index (χ0v) is 18.8. The molecule has 2 aromatic heterocycles. The first kappa shape index (κ1) is 21.6. The molecule has 1 saturated heterocycles. The molecule has 2 aromatic carbocycles. The Labute approximate surface area is 197 Å². The van der Waals surface area contributed by atoms with Crippen LogP contribution >= 0.6 is 22.9 Å². The topological polar surface area (TPSA) is 59.0 Å². The Morgan fingerprint density at radius 3 is 2.52 bits per heavy atom. The number of hydrogen-bond donors (Lipinski definition) is 0. The van der Waals surface area contributed by atoms with Gasteiger partial charge in [0, 0.05) is 31.3 Å². The molecule has 3 heterocycles. The van der Waals surface area contributed by atoms with E-state index in [2.05, 4.69) is 14.9 Å². The second-order valence-corrected chi connectivity index (χ2v) is 8.94. The summed E-state index contributed by atoms with van der Waals surface area (Å²) in [5.41, 5.74) is 2.26. The van der Waals surface area contributed by atoms with Crippen LogP contribution in [-0.2, 0) is 6.42 Å². The van der Waals surface area contributed by atoms with Crippen LogP contribution in [-0.4, -0.2) is 33.8 Å². The Bertz CT molecular complexity index is 1340. The standard InChI is InChI=1S/C24H17ClF2N4OS/c25-23-28-9-8-18(29-23)22-21(30-24(33-22)31-10-3-11-31)15-5-1-4-14(12-15)13-19(32)20-16(26)6-2-7-17(20)27/h1-2,4-9,12H,3,10-11,13H2. The summed E-state index contributed by atoms with van der Waals surface area (Å²) in [6.45, 7) is 1.89. The number of thiazole rings is 1. The summed E-state index contributed by atoms with van der Waals surface area (Å²) in [5, 5.41) is 1.03. The number of anilines is 1. The van der Waals surface area contributed by atoms with Gasteiger partial charge in [-0.1, -0.05) is 35.6 Å². The largest absolute Gasteiger partial charge is 0.348 e. The molecule has 5 rings (SSSR count). The van der Waals surface area contributed by atoms with Crippen molar-refractivity contribution < 1.29 is 13.6 Å². The second-order valence-electron chi connectivity index (χ2n) is 7.62. The van der Waals surface area contributed by atoms with Gasteiger partial charge in [-0.15, -0.1) is 0 Å². The number of ketones is 1. The predicted octanol–water partition coefficient (Wildman–Crippen LogP) is 5.83. The Morgan fingerprint density at radius 2 is 1.82 bits per heavy atom. The minimum atomic E-state index is -0.863. The molecule has 166 valence electrons. The third-order valence-electron chi connectivity index (χ3n) is 5.41. The quantitative estimate of drug-likeness (QED) is 0.255. The van der Waals surface area contributed by atoms with Gasteiger partial charge in [0.1, 0.15) is 11.6 Å². The molecule has 0 spiro atoms. The fraction of sp³-hybridized carbons (Fsp3) is 0.167. The van der Waals surface area contributed by atoms with E-state index in [9.17, 15) is 13.6 Å². The normalized spacial score (nSPS) is 13.1. The van der Waals surface area contributed by atoms with E-state index in [1.807, 2.05) is 12.1 Å². The fourth-order valence-corrected chi connectivity index (χ4v) is 4.91. The number of rotatable bonds is 6. The Morgan fingerprint density at radius 1 is 1.06 bits per heavy atom. The lowest BCUT2D eigenvalue weighted by atomic mass is 9.99. The summed E-state index contributed by atoms with van der Waals surface area (Å²) in [6, 6.07) is 12.4. The monoisotopic (exact) mass is 482 g/mol. The summed E-state index contributed by atoms with van der Waals surface area (Å²) in [4.78, 5) is 28.8. The number of carbonyl (C=O) groups excluding carboxylic acids is 1. The smallest absolute Gasteiger partial charge is 0.222 e. The number of Topliss-reactive ketones (excluding diaryl/α,β-unsaturated/α-hetero) is 1. The van der Waals surface area contributed by atoms with Crippen molar-refractivity contribution >= 4 is 33.9 Å². The molecular formula is C24H17ClF2N4OS. The summed E-state index contributed by atoms with van der Waals surface area (Å²) >= 11 is 7.54. The van der Waals surface area contributed by atoms with Gasteiger partial charge in [-0.3, -0.25) is 4.79 Å². The van der Waals surface area contributed by atoms with Gasteiger partial charge in [0.25, 0.3) is 0 Å².